The van der Waals surface area contributed by atoms with E-state index in [9.17, 15) is 9.59 Å². The maximum absolute atomic E-state index is 12.5. The van der Waals surface area contributed by atoms with Gasteiger partial charge in [-0.05, 0) is 37.5 Å². The molecule has 0 aromatic heterocycles. The molecule has 0 spiro atoms. The number of hydrogen-bond acceptors (Lipinski definition) is 4. The molecule has 2 amide bonds. The number of hydrogen-bond donors (Lipinski definition) is 2. The predicted molar refractivity (Wildman–Crippen MR) is 99.7 cm³/mol. The molecular weight excluding hydrogens is 365 g/mol. The number of carbonyl (C=O) groups is 2. The van der Waals surface area contributed by atoms with Crippen LogP contribution in [0.25, 0.3) is 0 Å². The summed E-state index contributed by atoms with van der Waals surface area (Å²) in [6.07, 6.45) is 3.24. The van der Waals surface area contributed by atoms with E-state index in [2.05, 4.69) is 10.6 Å². The second kappa shape index (κ2) is 9.38. The van der Waals surface area contributed by atoms with Gasteiger partial charge in [0.25, 0.3) is 5.91 Å². The minimum Gasteiger partial charge on any atom is -0.378 e. The van der Waals surface area contributed by atoms with Crippen LogP contribution in [0.1, 0.15) is 29.6 Å². The van der Waals surface area contributed by atoms with Gasteiger partial charge in [0.15, 0.2) is 0 Å². The summed E-state index contributed by atoms with van der Waals surface area (Å²) < 4.78 is 5.28. The van der Waals surface area contributed by atoms with Crippen molar-refractivity contribution in [2.45, 2.75) is 25.3 Å². The third-order valence-corrected chi connectivity index (χ3v) is 4.66. The van der Waals surface area contributed by atoms with Gasteiger partial charge in [-0.3, -0.25) is 9.59 Å². The number of likely N-dealkylation sites (tertiary alicyclic amines) is 1. The summed E-state index contributed by atoms with van der Waals surface area (Å²) >= 11 is 6.27. The van der Waals surface area contributed by atoms with Gasteiger partial charge >= 0.3 is 0 Å². The molecule has 0 radical (unpaired) electrons. The topological polar surface area (TPSA) is 70.7 Å². The maximum atomic E-state index is 12.5. The van der Waals surface area contributed by atoms with E-state index in [-0.39, 0.29) is 30.3 Å². The highest BCUT2D eigenvalue weighted by molar-refractivity contribution is 6.34. The van der Waals surface area contributed by atoms with Gasteiger partial charge < -0.3 is 20.3 Å². The Hall–Kier alpha value is -1.34. The number of carbonyl (C=O) groups excluding carboxylic acids is 2. The highest BCUT2D eigenvalue weighted by Crippen LogP contribution is 2.24. The molecule has 1 aromatic carbocycles. The lowest BCUT2D eigenvalue weighted by atomic mass is 10.1. The fourth-order valence-electron chi connectivity index (χ4n) is 3.00. The van der Waals surface area contributed by atoms with Crippen molar-refractivity contribution in [2.75, 3.05) is 38.2 Å². The molecule has 1 aromatic rings. The van der Waals surface area contributed by atoms with E-state index in [0.717, 1.165) is 25.9 Å². The summed E-state index contributed by atoms with van der Waals surface area (Å²) in [6, 6.07) is 4.65. The van der Waals surface area contributed by atoms with Crippen molar-refractivity contribution in [1.29, 1.82) is 0 Å². The molecule has 3 rings (SSSR count). The zero-order valence-electron chi connectivity index (χ0n) is 13.9. The second-order valence-corrected chi connectivity index (χ2v) is 6.53. The molecule has 2 aliphatic heterocycles. The molecule has 1 unspecified atom stereocenters. The summed E-state index contributed by atoms with van der Waals surface area (Å²) in [5, 5.41) is 6.26. The lowest BCUT2D eigenvalue weighted by Crippen LogP contribution is -2.48. The lowest BCUT2D eigenvalue weighted by Gasteiger charge is -2.27. The van der Waals surface area contributed by atoms with Gasteiger partial charge in [0.05, 0.1) is 23.8 Å². The summed E-state index contributed by atoms with van der Waals surface area (Å²) in [7, 11) is 0. The lowest BCUT2D eigenvalue weighted by molar-refractivity contribution is -0.120. The van der Waals surface area contributed by atoms with Gasteiger partial charge in [0.2, 0.25) is 5.91 Å². The molecule has 0 bridgehead atoms. The molecule has 2 saturated heterocycles. The Morgan fingerprint density at radius 2 is 2.00 bits per heavy atom. The van der Waals surface area contributed by atoms with E-state index in [1.165, 1.54) is 6.42 Å². The summed E-state index contributed by atoms with van der Waals surface area (Å²) in [4.78, 5) is 26.5. The van der Waals surface area contributed by atoms with Crippen molar-refractivity contribution < 1.29 is 14.3 Å². The number of amides is 2. The molecule has 2 heterocycles. The molecule has 2 aliphatic rings. The van der Waals surface area contributed by atoms with Crippen LogP contribution in [0.3, 0.4) is 0 Å². The van der Waals surface area contributed by atoms with Gasteiger partial charge in [-0.2, -0.15) is 0 Å². The fraction of sp³-hybridized carbons (Fsp3) is 0.529. The summed E-state index contributed by atoms with van der Waals surface area (Å²) in [5.41, 5.74) is 1.06. The van der Waals surface area contributed by atoms with Crippen molar-refractivity contribution in [3.05, 3.63) is 28.8 Å². The van der Waals surface area contributed by atoms with Crippen LogP contribution in [0.5, 0.6) is 0 Å². The Labute approximate surface area is 158 Å². The van der Waals surface area contributed by atoms with Crippen molar-refractivity contribution >= 4 is 41.5 Å². The molecule has 2 fully saturated rings. The number of halogens is 2. The zero-order chi connectivity index (χ0) is 16.9. The molecule has 0 saturated carbocycles. The third kappa shape index (κ3) is 5.07. The van der Waals surface area contributed by atoms with Crippen LogP contribution in [-0.2, 0) is 9.53 Å². The van der Waals surface area contributed by atoms with Crippen LogP contribution in [0.15, 0.2) is 18.2 Å². The van der Waals surface area contributed by atoms with E-state index in [1.54, 1.807) is 18.2 Å². The average molecular weight is 388 g/mol. The largest absolute Gasteiger partial charge is 0.378 e. The summed E-state index contributed by atoms with van der Waals surface area (Å²) in [6.45, 7) is 3.18. The standard InChI is InChI=1S/C17H22ClN3O3.ClH/c18-14-10-12(20-16(22)15-11-24-9-6-19-15)4-5-13(14)17(23)21-7-2-1-3-8-21;/h4-5,10,15,19H,1-3,6-9,11H2,(H,20,22);1H. The number of rotatable bonds is 3. The zero-order valence-corrected chi connectivity index (χ0v) is 15.5. The number of morpholine rings is 1. The minimum absolute atomic E-state index is 0. The molecule has 1 atom stereocenters. The number of nitrogens with zero attached hydrogens (tertiary/aromatic N) is 1. The monoisotopic (exact) mass is 387 g/mol. The van der Waals surface area contributed by atoms with E-state index >= 15 is 0 Å². The average Bonchev–Trinajstić information content (AvgIpc) is 2.63. The smallest absolute Gasteiger partial charge is 0.255 e. The highest BCUT2D eigenvalue weighted by atomic mass is 35.5. The number of nitrogens with one attached hydrogen (secondary N) is 2. The van der Waals surface area contributed by atoms with Crippen LogP contribution in [0.2, 0.25) is 5.02 Å². The number of piperidine rings is 1. The Morgan fingerprint density at radius 1 is 1.24 bits per heavy atom. The van der Waals surface area contributed by atoms with Gasteiger partial charge in [0, 0.05) is 25.3 Å². The minimum atomic E-state index is -0.368. The molecule has 0 aliphatic carbocycles. The van der Waals surface area contributed by atoms with E-state index < -0.39 is 0 Å². The first kappa shape index (κ1) is 20.0. The molecular formula is C17H23Cl2N3O3. The van der Waals surface area contributed by atoms with E-state index in [4.69, 9.17) is 16.3 Å². The Balaban J connectivity index is 0.00000225. The second-order valence-electron chi connectivity index (χ2n) is 6.12. The first-order valence-electron chi connectivity index (χ1n) is 8.36. The Kier molecular flexibility index (Phi) is 7.50. The third-order valence-electron chi connectivity index (χ3n) is 4.35. The SMILES string of the molecule is Cl.O=C(Nc1ccc(C(=O)N2CCCCC2)c(Cl)c1)C1COCCN1. The first-order valence-corrected chi connectivity index (χ1v) is 8.74. The first-order chi connectivity index (χ1) is 11.6. The molecule has 6 nitrogen and oxygen atoms in total. The number of anilines is 1. The van der Waals surface area contributed by atoms with Crippen molar-refractivity contribution in [3.8, 4) is 0 Å². The van der Waals surface area contributed by atoms with Crippen LogP contribution in [0, 0.1) is 0 Å². The molecule has 138 valence electrons. The van der Waals surface area contributed by atoms with Crippen LogP contribution >= 0.6 is 24.0 Å². The van der Waals surface area contributed by atoms with Crippen LogP contribution in [-0.4, -0.2) is 55.6 Å². The van der Waals surface area contributed by atoms with Gasteiger partial charge in [0.1, 0.15) is 6.04 Å². The molecule has 8 heteroatoms. The van der Waals surface area contributed by atoms with Crippen molar-refractivity contribution in [2.24, 2.45) is 0 Å². The number of ether oxygens (including phenoxy) is 1. The van der Waals surface area contributed by atoms with E-state index in [0.29, 0.717) is 36.0 Å². The van der Waals surface area contributed by atoms with Crippen LogP contribution in [0.4, 0.5) is 5.69 Å². The Morgan fingerprint density at radius 3 is 2.64 bits per heavy atom. The normalized spacial score (nSPS) is 20.5. The fourth-order valence-corrected chi connectivity index (χ4v) is 3.26. The van der Waals surface area contributed by atoms with Crippen molar-refractivity contribution in [1.82, 2.24) is 10.2 Å². The van der Waals surface area contributed by atoms with Crippen molar-refractivity contribution in [3.63, 3.8) is 0 Å². The van der Waals surface area contributed by atoms with Gasteiger partial charge in [-0.1, -0.05) is 11.6 Å². The maximum Gasteiger partial charge on any atom is 0.255 e. The number of benzene rings is 1. The van der Waals surface area contributed by atoms with Crippen LogP contribution < -0.4 is 10.6 Å². The highest BCUT2D eigenvalue weighted by Gasteiger charge is 2.23. The predicted octanol–water partition coefficient (Wildman–Crippen LogP) is 2.31. The molecule has 25 heavy (non-hydrogen) atoms. The Bertz CT molecular complexity index is 615. The van der Waals surface area contributed by atoms with Gasteiger partial charge in [-0.25, -0.2) is 0 Å². The quantitative estimate of drug-likeness (QED) is 0.834. The summed E-state index contributed by atoms with van der Waals surface area (Å²) in [5.74, 6) is -0.208. The van der Waals surface area contributed by atoms with E-state index in [1.807, 2.05) is 4.90 Å². The molecule has 2 N–H and O–H groups in total. The van der Waals surface area contributed by atoms with Gasteiger partial charge in [-0.15, -0.1) is 12.4 Å².